The highest BCUT2D eigenvalue weighted by Crippen LogP contribution is 2.29. The number of nitrogens with one attached hydrogen (secondary N) is 1. The zero-order valence-electron chi connectivity index (χ0n) is 11.4. The molecule has 1 aliphatic heterocycles. The van der Waals surface area contributed by atoms with Crippen molar-refractivity contribution in [2.24, 2.45) is 11.8 Å². The van der Waals surface area contributed by atoms with E-state index in [1.165, 1.54) is 32.1 Å². The van der Waals surface area contributed by atoms with E-state index in [1.807, 2.05) is 0 Å². The predicted molar refractivity (Wildman–Crippen MR) is 72.1 cm³/mol. The van der Waals surface area contributed by atoms with E-state index in [0.717, 1.165) is 31.6 Å². The summed E-state index contributed by atoms with van der Waals surface area (Å²) in [7, 11) is 0. The van der Waals surface area contributed by atoms with E-state index in [9.17, 15) is 0 Å². The molecule has 0 aromatic carbocycles. The van der Waals surface area contributed by atoms with Crippen molar-refractivity contribution in [1.29, 1.82) is 0 Å². The standard InChI is InChI=1S/C15H27NO/c1-12-5-3-6-13(2)15(12)11-16-14-7-4-9-17-10-8-14/h5,13-16H,3-4,6-11H2,1-2H3/t13-,14-,15+/m0/s1. The van der Waals surface area contributed by atoms with Crippen molar-refractivity contribution in [2.75, 3.05) is 19.8 Å². The molecule has 17 heavy (non-hydrogen) atoms. The van der Waals surface area contributed by atoms with Crippen molar-refractivity contribution in [1.82, 2.24) is 5.32 Å². The molecule has 1 heterocycles. The van der Waals surface area contributed by atoms with Crippen LogP contribution < -0.4 is 5.32 Å². The van der Waals surface area contributed by atoms with Gasteiger partial charge >= 0.3 is 0 Å². The fraction of sp³-hybridized carbons (Fsp3) is 0.867. The minimum absolute atomic E-state index is 0.680. The van der Waals surface area contributed by atoms with E-state index in [-0.39, 0.29) is 0 Å². The van der Waals surface area contributed by atoms with Gasteiger partial charge in [-0.1, -0.05) is 18.6 Å². The molecule has 0 spiro atoms. The van der Waals surface area contributed by atoms with Gasteiger partial charge in [-0.15, -0.1) is 0 Å². The van der Waals surface area contributed by atoms with Crippen LogP contribution in [0.3, 0.4) is 0 Å². The quantitative estimate of drug-likeness (QED) is 0.761. The molecule has 0 aromatic rings. The number of hydrogen-bond acceptors (Lipinski definition) is 2. The summed E-state index contributed by atoms with van der Waals surface area (Å²) in [6.07, 6.45) is 8.75. The van der Waals surface area contributed by atoms with Crippen LogP contribution >= 0.6 is 0 Å². The van der Waals surface area contributed by atoms with E-state index in [1.54, 1.807) is 5.57 Å². The summed E-state index contributed by atoms with van der Waals surface area (Å²) in [5, 5.41) is 3.77. The smallest absolute Gasteiger partial charge is 0.0480 e. The summed E-state index contributed by atoms with van der Waals surface area (Å²) in [5.41, 5.74) is 1.60. The third-order valence-electron chi connectivity index (χ3n) is 4.44. The Morgan fingerprint density at radius 2 is 2.18 bits per heavy atom. The van der Waals surface area contributed by atoms with Crippen LogP contribution in [-0.2, 0) is 4.74 Å². The largest absolute Gasteiger partial charge is 0.381 e. The number of allylic oxidation sites excluding steroid dienone is 1. The van der Waals surface area contributed by atoms with Gasteiger partial charge in [-0.2, -0.15) is 0 Å². The molecule has 2 heteroatoms. The Labute approximate surface area is 106 Å². The van der Waals surface area contributed by atoms with Crippen LogP contribution in [0.1, 0.15) is 46.0 Å². The SMILES string of the molecule is CC1=CCC[C@H](C)[C@@H]1CN[C@H]1CCCOCC1. The van der Waals surface area contributed by atoms with Crippen molar-refractivity contribution >= 4 is 0 Å². The molecule has 2 aliphatic rings. The van der Waals surface area contributed by atoms with Crippen molar-refractivity contribution in [3.63, 3.8) is 0 Å². The van der Waals surface area contributed by atoms with Gasteiger partial charge in [-0.3, -0.25) is 0 Å². The predicted octanol–water partition coefficient (Wildman–Crippen LogP) is 3.14. The Hall–Kier alpha value is -0.340. The van der Waals surface area contributed by atoms with Crippen molar-refractivity contribution in [2.45, 2.75) is 52.0 Å². The second-order valence-electron chi connectivity index (χ2n) is 5.76. The Morgan fingerprint density at radius 1 is 1.29 bits per heavy atom. The van der Waals surface area contributed by atoms with E-state index >= 15 is 0 Å². The molecule has 98 valence electrons. The first-order valence-electron chi connectivity index (χ1n) is 7.25. The highest BCUT2D eigenvalue weighted by molar-refractivity contribution is 5.09. The lowest BCUT2D eigenvalue weighted by molar-refractivity contribution is 0.142. The van der Waals surface area contributed by atoms with Crippen LogP contribution in [-0.4, -0.2) is 25.8 Å². The highest BCUT2D eigenvalue weighted by Gasteiger charge is 2.23. The molecule has 2 nitrogen and oxygen atoms in total. The Balaban J connectivity index is 1.79. The molecule has 0 radical (unpaired) electrons. The van der Waals surface area contributed by atoms with Gasteiger partial charge in [0.15, 0.2) is 0 Å². The van der Waals surface area contributed by atoms with Crippen LogP contribution in [0.5, 0.6) is 0 Å². The zero-order chi connectivity index (χ0) is 12.1. The molecular formula is C15H27NO. The fourth-order valence-electron chi connectivity index (χ4n) is 3.14. The first kappa shape index (κ1) is 13.1. The lowest BCUT2D eigenvalue weighted by atomic mass is 9.80. The van der Waals surface area contributed by atoms with E-state index in [0.29, 0.717) is 6.04 Å². The fourth-order valence-corrected chi connectivity index (χ4v) is 3.14. The highest BCUT2D eigenvalue weighted by atomic mass is 16.5. The Bertz CT molecular complexity index is 254. The first-order valence-corrected chi connectivity index (χ1v) is 7.25. The maximum absolute atomic E-state index is 5.51. The van der Waals surface area contributed by atoms with Gasteiger partial charge in [0, 0.05) is 25.8 Å². The maximum Gasteiger partial charge on any atom is 0.0480 e. The Kier molecular flexibility index (Phi) is 5.05. The van der Waals surface area contributed by atoms with Gasteiger partial charge < -0.3 is 10.1 Å². The zero-order valence-corrected chi connectivity index (χ0v) is 11.4. The van der Waals surface area contributed by atoms with E-state index in [2.05, 4.69) is 25.2 Å². The number of rotatable bonds is 3. The minimum Gasteiger partial charge on any atom is -0.381 e. The second kappa shape index (κ2) is 6.55. The average Bonchev–Trinajstić information content (AvgIpc) is 2.57. The summed E-state index contributed by atoms with van der Waals surface area (Å²) in [6.45, 7) is 7.76. The van der Waals surface area contributed by atoms with Crippen LogP contribution in [0.25, 0.3) is 0 Å². The lowest BCUT2D eigenvalue weighted by Gasteiger charge is -2.30. The van der Waals surface area contributed by atoms with Gasteiger partial charge in [0.2, 0.25) is 0 Å². The summed E-state index contributed by atoms with van der Waals surface area (Å²) in [4.78, 5) is 0. The van der Waals surface area contributed by atoms with Gasteiger partial charge in [0.25, 0.3) is 0 Å². The summed E-state index contributed by atoms with van der Waals surface area (Å²) in [6, 6.07) is 0.680. The van der Waals surface area contributed by atoms with E-state index < -0.39 is 0 Å². The molecule has 0 saturated carbocycles. The molecular weight excluding hydrogens is 210 g/mol. The minimum atomic E-state index is 0.680. The first-order chi connectivity index (χ1) is 8.27. The molecule has 1 N–H and O–H groups in total. The van der Waals surface area contributed by atoms with E-state index in [4.69, 9.17) is 4.74 Å². The number of ether oxygens (including phenoxy) is 1. The number of hydrogen-bond donors (Lipinski definition) is 1. The molecule has 2 rings (SSSR count). The molecule has 0 amide bonds. The third kappa shape index (κ3) is 3.82. The molecule has 0 unspecified atom stereocenters. The van der Waals surface area contributed by atoms with Crippen molar-refractivity contribution < 1.29 is 4.74 Å². The average molecular weight is 237 g/mol. The summed E-state index contributed by atoms with van der Waals surface area (Å²) < 4.78 is 5.51. The molecule has 1 aliphatic carbocycles. The van der Waals surface area contributed by atoms with Crippen LogP contribution in [0.15, 0.2) is 11.6 Å². The normalized spacial score (nSPS) is 35.2. The van der Waals surface area contributed by atoms with Gasteiger partial charge in [0.1, 0.15) is 0 Å². The lowest BCUT2D eigenvalue weighted by Crippen LogP contribution is -2.36. The van der Waals surface area contributed by atoms with Crippen LogP contribution in [0, 0.1) is 11.8 Å². The van der Waals surface area contributed by atoms with Crippen molar-refractivity contribution in [3.8, 4) is 0 Å². The van der Waals surface area contributed by atoms with Crippen molar-refractivity contribution in [3.05, 3.63) is 11.6 Å². The summed E-state index contributed by atoms with van der Waals surface area (Å²) >= 11 is 0. The van der Waals surface area contributed by atoms with Gasteiger partial charge in [0.05, 0.1) is 0 Å². The topological polar surface area (TPSA) is 21.3 Å². The van der Waals surface area contributed by atoms with Gasteiger partial charge in [-0.05, 0) is 50.9 Å². The molecule has 1 saturated heterocycles. The van der Waals surface area contributed by atoms with Gasteiger partial charge in [-0.25, -0.2) is 0 Å². The molecule has 0 aromatic heterocycles. The molecule has 1 fully saturated rings. The summed E-state index contributed by atoms with van der Waals surface area (Å²) in [5.74, 6) is 1.60. The molecule has 3 atom stereocenters. The second-order valence-corrected chi connectivity index (χ2v) is 5.76. The Morgan fingerprint density at radius 3 is 3.00 bits per heavy atom. The van der Waals surface area contributed by atoms with Crippen LogP contribution in [0.4, 0.5) is 0 Å². The monoisotopic (exact) mass is 237 g/mol. The van der Waals surface area contributed by atoms with Crippen LogP contribution in [0.2, 0.25) is 0 Å². The molecule has 0 bridgehead atoms. The third-order valence-corrected chi connectivity index (χ3v) is 4.44. The maximum atomic E-state index is 5.51.